The smallest absolute Gasteiger partial charge is 0.492 e. The number of hydrogen-bond donors (Lipinski definition) is 1. The Kier molecular flexibility index (Phi) is 8.52. The molecule has 0 amide bonds. The number of rotatable bonds is 12. The van der Waals surface area contributed by atoms with Crippen LogP contribution in [0.4, 0.5) is 0 Å². The topological polar surface area (TPSA) is 39.7 Å². The van der Waals surface area contributed by atoms with Gasteiger partial charge in [0.2, 0.25) is 0 Å². The molecule has 2 rings (SSSR count). The number of para-hydroxylation sites is 2. The number of hydrogen-bond acceptors (Lipinski definition) is 4. The number of unbranched alkanes of at least 4 members (excludes halogenated alkanes) is 1. The van der Waals surface area contributed by atoms with Gasteiger partial charge < -0.3 is 18.6 Å². The molecule has 0 atom stereocenters. The summed E-state index contributed by atoms with van der Waals surface area (Å²) in [5, 5.41) is 3.47. The number of benzene rings is 2. The van der Waals surface area contributed by atoms with E-state index in [9.17, 15) is 0 Å². The molecule has 0 bridgehead atoms. The van der Waals surface area contributed by atoms with Gasteiger partial charge in [-0.05, 0) is 50.2 Å². The Labute approximate surface area is 152 Å². The van der Waals surface area contributed by atoms with Gasteiger partial charge in [0.25, 0.3) is 0 Å². The molecular formula is C20H29NO3Si. The van der Waals surface area contributed by atoms with Crippen LogP contribution in [0.15, 0.2) is 60.7 Å². The molecule has 0 aliphatic heterocycles. The molecule has 0 fully saturated rings. The highest BCUT2D eigenvalue weighted by Crippen LogP contribution is 2.24. The third kappa shape index (κ3) is 6.90. The van der Waals surface area contributed by atoms with E-state index in [1.165, 1.54) is 12.8 Å². The van der Waals surface area contributed by atoms with Crippen molar-refractivity contribution in [3.8, 4) is 11.5 Å². The molecule has 2 aromatic carbocycles. The van der Waals surface area contributed by atoms with Crippen LogP contribution in [0, 0.1) is 0 Å². The van der Waals surface area contributed by atoms with E-state index in [1.807, 2.05) is 60.7 Å². The molecule has 0 spiro atoms. The summed E-state index contributed by atoms with van der Waals surface area (Å²) < 4.78 is 18.3. The van der Waals surface area contributed by atoms with Gasteiger partial charge in [-0.2, -0.15) is 0 Å². The first-order valence-corrected chi connectivity index (χ1v) is 10.9. The van der Waals surface area contributed by atoms with Crippen LogP contribution >= 0.6 is 0 Å². The second-order valence-corrected chi connectivity index (χ2v) is 8.61. The van der Waals surface area contributed by atoms with Crippen molar-refractivity contribution in [2.45, 2.75) is 32.2 Å². The summed E-state index contributed by atoms with van der Waals surface area (Å²) in [5.74, 6) is 1.57. The van der Waals surface area contributed by atoms with Crippen LogP contribution in [-0.4, -0.2) is 29.0 Å². The molecule has 25 heavy (non-hydrogen) atoms. The summed E-state index contributed by atoms with van der Waals surface area (Å²) in [4.78, 5) is 0. The van der Waals surface area contributed by atoms with E-state index < -0.39 is 8.80 Å². The molecule has 0 heterocycles. The predicted molar refractivity (Wildman–Crippen MR) is 104 cm³/mol. The predicted octanol–water partition coefficient (Wildman–Crippen LogP) is 4.51. The third-order valence-electron chi connectivity index (χ3n) is 3.89. The maximum Gasteiger partial charge on any atom is 0.631 e. The molecule has 2 aromatic rings. The summed E-state index contributed by atoms with van der Waals surface area (Å²) in [6.45, 7) is 4.19. The van der Waals surface area contributed by atoms with Crippen molar-refractivity contribution in [3.63, 3.8) is 0 Å². The largest absolute Gasteiger partial charge is 0.631 e. The lowest BCUT2D eigenvalue weighted by molar-refractivity contribution is 0.203. The SMILES string of the molecule is CCCCNCCC[Si](OC)(Oc1ccccc1)Oc1ccccc1. The molecular weight excluding hydrogens is 330 g/mol. The molecule has 0 unspecified atom stereocenters. The lowest BCUT2D eigenvalue weighted by atomic mass is 10.3. The minimum Gasteiger partial charge on any atom is -0.492 e. The Morgan fingerprint density at radius 3 is 1.80 bits per heavy atom. The zero-order chi connectivity index (χ0) is 17.8. The lowest BCUT2D eigenvalue weighted by Crippen LogP contribution is -2.51. The van der Waals surface area contributed by atoms with Gasteiger partial charge in [-0.15, -0.1) is 0 Å². The first-order valence-electron chi connectivity index (χ1n) is 9.02. The molecule has 4 nitrogen and oxygen atoms in total. The molecule has 0 aliphatic carbocycles. The fourth-order valence-electron chi connectivity index (χ4n) is 2.50. The fraction of sp³-hybridized carbons (Fsp3) is 0.400. The lowest BCUT2D eigenvalue weighted by Gasteiger charge is -2.29. The summed E-state index contributed by atoms with van der Waals surface area (Å²) in [6.07, 6.45) is 3.36. The van der Waals surface area contributed by atoms with Crippen LogP contribution in [0.1, 0.15) is 26.2 Å². The van der Waals surface area contributed by atoms with Gasteiger partial charge in [0.15, 0.2) is 0 Å². The van der Waals surface area contributed by atoms with E-state index in [4.69, 9.17) is 13.3 Å². The highest BCUT2D eigenvalue weighted by atomic mass is 28.4. The van der Waals surface area contributed by atoms with Crippen molar-refractivity contribution in [3.05, 3.63) is 60.7 Å². The molecule has 0 aliphatic rings. The Morgan fingerprint density at radius 2 is 1.32 bits per heavy atom. The standard InChI is InChI=1S/C20H29NO3Si/c1-3-4-16-21-17-11-18-25(22-2,23-19-12-7-5-8-13-19)24-20-14-9-6-10-15-20/h5-10,12-15,21H,3-4,11,16-18H2,1-2H3. The van der Waals surface area contributed by atoms with E-state index >= 15 is 0 Å². The van der Waals surface area contributed by atoms with Crippen LogP contribution in [-0.2, 0) is 4.43 Å². The van der Waals surface area contributed by atoms with Gasteiger partial charge in [-0.25, -0.2) is 0 Å². The van der Waals surface area contributed by atoms with Crippen LogP contribution in [0.5, 0.6) is 11.5 Å². The van der Waals surface area contributed by atoms with Gasteiger partial charge >= 0.3 is 8.80 Å². The first-order chi connectivity index (χ1) is 12.3. The summed E-state index contributed by atoms with van der Waals surface area (Å²) in [7, 11) is -1.18. The summed E-state index contributed by atoms with van der Waals surface area (Å²) >= 11 is 0. The Balaban J connectivity index is 2.03. The van der Waals surface area contributed by atoms with Gasteiger partial charge in [0.1, 0.15) is 11.5 Å². The van der Waals surface area contributed by atoms with Crippen molar-refractivity contribution in [1.82, 2.24) is 5.32 Å². The average molecular weight is 360 g/mol. The van der Waals surface area contributed by atoms with E-state index in [-0.39, 0.29) is 0 Å². The van der Waals surface area contributed by atoms with Gasteiger partial charge in [0.05, 0.1) is 0 Å². The molecule has 0 aromatic heterocycles. The van der Waals surface area contributed by atoms with Crippen LogP contribution in [0.25, 0.3) is 0 Å². The van der Waals surface area contributed by atoms with E-state index in [1.54, 1.807) is 7.11 Å². The molecule has 0 radical (unpaired) electrons. The molecule has 5 heteroatoms. The van der Waals surface area contributed by atoms with E-state index in [2.05, 4.69) is 12.2 Å². The summed E-state index contributed by atoms with van der Waals surface area (Å²) in [6, 6.07) is 20.3. The first kappa shape index (κ1) is 19.5. The van der Waals surface area contributed by atoms with Gasteiger partial charge in [-0.3, -0.25) is 0 Å². The van der Waals surface area contributed by atoms with Gasteiger partial charge in [0, 0.05) is 13.2 Å². The Morgan fingerprint density at radius 1 is 0.800 bits per heavy atom. The quantitative estimate of drug-likeness (QED) is 0.447. The van der Waals surface area contributed by atoms with Crippen LogP contribution < -0.4 is 14.2 Å². The van der Waals surface area contributed by atoms with E-state index in [0.717, 1.165) is 37.1 Å². The average Bonchev–Trinajstić information content (AvgIpc) is 2.66. The number of nitrogens with one attached hydrogen (secondary N) is 1. The maximum absolute atomic E-state index is 6.25. The molecule has 0 saturated carbocycles. The fourth-order valence-corrected chi connectivity index (χ4v) is 4.72. The highest BCUT2D eigenvalue weighted by Gasteiger charge is 2.44. The molecule has 0 saturated heterocycles. The highest BCUT2D eigenvalue weighted by molar-refractivity contribution is 6.62. The van der Waals surface area contributed by atoms with Crippen molar-refractivity contribution >= 4 is 8.80 Å². The molecule has 136 valence electrons. The molecule has 1 N–H and O–H groups in total. The second kappa shape index (κ2) is 10.9. The Bertz CT molecular complexity index is 539. The minimum absolute atomic E-state index is 0.756. The zero-order valence-corrected chi connectivity index (χ0v) is 16.2. The zero-order valence-electron chi connectivity index (χ0n) is 15.2. The van der Waals surface area contributed by atoms with Crippen molar-refractivity contribution in [1.29, 1.82) is 0 Å². The van der Waals surface area contributed by atoms with Gasteiger partial charge in [-0.1, -0.05) is 49.7 Å². The van der Waals surface area contributed by atoms with Crippen molar-refractivity contribution < 1.29 is 13.3 Å². The minimum atomic E-state index is -2.86. The monoisotopic (exact) mass is 359 g/mol. The maximum atomic E-state index is 6.25. The second-order valence-electron chi connectivity index (χ2n) is 5.92. The van der Waals surface area contributed by atoms with Crippen molar-refractivity contribution in [2.75, 3.05) is 20.2 Å². The van der Waals surface area contributed by atoms with Crippen LogP contribution in [0.2, 0.25) is 6.04 Å². The van der Waals surface area contributed by atoms with E-state index in [0.29, 0.717) is 0 Å². The Hall–Kier alpha value is -1.82. The normalized spacial score (nSPS) is 11.3. The van der Waals surface area contributed by atoms with Crippen LogP contribution in [0.3, 0.4) is 0 Å². The third-order valence-corrected chi connectivity index (χ3v) is 6.57. The summed E-state index contributed by atoms with van der Waals surface area (Å²) in [5.41, 5.74) is 0. The van der Waals surface area contributed by atoms with Crippen molar-refractivity contribution in [2.24, 2.45) is 0 Å².